The van der Waals surface area contributed by atoms with Crippen molar-refractivity contribution in [3.63, 3.8) is 0 Å². The second-order valence-electron chi connectivity index (χ2n) is 6.22. The van der Waals surface area contributed by atoms with Gasteiger partial charge in [-0.1, -0.05) is 31.4 Å². The summed E-state index contributed by atoms with van der Waals surface area (Å²) >= 11 is 0. The smallest absolute Gasteiger partial charge is 0.253 e. The van der Waals surface area contributed by atoms with Gasteiger partial charge in [0, 0.05) is 37.0 Å². The Morgan fingerprint density at radius 3 is 2.26 bits per heavy atom. The summed E-state index contributed by atoms with van der Waals surface area (Å²) in [5, 5.41) is 4.30. The standard InChI is InChI=1S/C19H25N3O/c1-2-22-15-18(14-20-22)16-8-10-17(11-9-16)19(23)21-12-6-4-3-5-7-13-21/h8-11,14-15H,2-7,12-13H2,1H3. The molecule has 1 aliphatic heterocycles. The fraction of sp³-hybridized carbons (Fsp3) is 0.474. The zero-order valence-corrected chi connectivity index (χ0v) is 13.9. The van der Waals surface area contributed by atoms with E-state index >= 15 is 0 Å². The highest BCUT2D eigenvalue weighted by atomic mass is 16.2. The van der Waals surface area contributed by atoms with Crippen molar-refractivity contribution in [2.75, 3.05) is 13.1 Å². The van der Waals surface area contributed by atoms with Crippen LogP contribution in [0.4, 0.5) is 0 Å². The van der Waals surface area contributed by atoms with E-state index in [4.69, 9.17) is 0 Å². The second kappa shape index (κ2) is 7.44. The van der Waals surface area contributed by atoms with Crippen molar-refractivity contribution >= 4 is 5.91 Å². The first kappa shape index (κ1) is 15.8. The van der Waals surface area contributed by atoms with Gasteiger partial charge >= 0.3 is 0 Å². The predicted molar refractivity (Wildman–Crippen MR) is 92.3 cm³/mol. The molecule has 0 aliphatic carbocycles. The maximum absolute atomic E-state index is 12.7. The highest BCUT2D eigenvalue weighted by molar-refractivity contribution is 5.94. The molecule has 2 aromatic rings. The molecule has 122 valence electrons. The van der Waals surface area contributed by atoms with Gasteiger partial charge in [-0.3, -0.25) is 9.48 Å². The lowest BCUT2D eigenvalue weighted by atomic mass is 10.0. The molecule has 0 radical (unpaired) electrons. The number of rotatable bonds is 3. The van der Waals surface area contributed by atoms with E-state index < -0.39 is 0 Å². The topological polar surface area (TPSA) is 38.1 Å². The largest absolute Gasteiger partial charge is 0.339 e. The first-order chi connectivity index (χ1) is 11.3. The van der Waals surface area contributed by atoms with Crippen molar-refractivity contribution in [1.29, 1.82) is 0 Å². The summed E-state index contributed by atoms with van der Waals surface area (Å²) in [5.74, 6) is 0.169. The molecule has 1 aromatic carbocycles. The van der Waals surface area contributed by atoms with E-state index in [1.54, 1.807) is 0 Å². The Balaban J connectivity index is 1.71. The van der Waals surface area contributed by atoms with E-state index in [0.717, 1.165) is 49.2 Å². The van der Waals surface area contributed by atoms with Gasteiger partial charge in [0.1, 0.15) is 0 Å². The quantitative estimate of drug-likeness (QED) is 0.860. The molecule has 2 heterocycles. The third-order valence-corrected chi connectivity index (χ3v) is 4.57. The van der Waals surface area contributed by atoms with Gasteiger partial charge in [-0.15, -0.1) is 0 Å². The molecule has 1 amide bonds. The average molecular weight is 311 g/mol. The number of hydrogen-bond donors (Lipinski definition) is 0. The zero-order valence-electron chi connectivity index (χ0n) is 13.9. The SMILES string of the molecule is CCn1cc(-c2ccc(C(=O)N3CCCCCCC3)cc2)cn1. The number of nitrogens with zero attached hydrogens (tertiary/aromatic N) is 3. The van der Waals surface area contributed by atoms with Crippen molar-refractivity contribution in [3.8, 4) is 11.1 Å². The molecular formula is C19H25N3O. The minimum Gasteiger partial charge on any atom is -0.339 e. The van der Waals surface area contributed by atoms with Crippen molar-refractivity contribution < 1.29 is 4.79 Å². The summed E-state index contributed by atoms with van der Waals surface area (Å²) in [6.07, 6.45) is 9.95. The third-order valence-electron chi connectivity index (χ3n) is 4.57. The third kappa shape index (κ3) is 3.81. The highest BCUT2D eigenvalue weighted by Crippen LogP contribution is 2.20. The van der Waals surface area contributed by atoms with Gasteiger partial charge in [0.15, 0.2) is 0 Å². The van der Waals surface area contributed by atoms with Crippen LogP contribution in [-0.2, 0) is 6.54 Å². The summed E-state index contributed by atoms with van der Waals surface area (Å²) in [6.45, 7) is 4.72. The molecule has 0 saturated carbocycles. The molecule has 1 saturated heterocycles. The van der Waals surface area contributed by atoms with Crippen LogP contribution in [0.2, 0.25) is 0 Å². The molecule has 3 rings (SSSR count). The van der Waals surface area contributed by atoms with E-state index in [1.165, 1.54) is 19.3 Å². The average Bonchev–Trinajstić information content (AvgIpc) is 3.03. The summed E-state index contributed by atoms with van der Waals surface area (Å²) in [6, 6.07) is 7.93. The van der Waals surface area contributed by atoms with E-state index in [1.807, 2.05) is 46.2 Å². The molecule has 1 aliphatic rings. The Morgan fingerprint density at radius 2 is 1.65 bits per heavy atom. The summed E-state index contributed by atoms with van der Waals surface area (Å²) in [4.78, 5) is 14.7. The molecule has 0 bridgehead atoms. The molecule has 23 heavy (non-hydrogen) atoms. The van der Waals surface area contributed by atoms with Gasteiger partial charge in [0.05, 0.1) is 6.20 Å². The van der Waals surface area contributed by atoms with Crippen LogP contribution in [0, 0.1) is 0 Å². The molecule has 1 fully saturated rings. The molecule has 0 spiro atoms. The van der Waals surface area contributed by atoms with Crippen LogP contribution in [0.15, 0.2) is 36.7 Å². The van der Waals surface area contributed by atoms with Crippen LogP contribution < -0.4 is 0 Å². The minimum absolute atomic E-state index is 0.169. The highest BCUT2D eigenvalue weighted by Gasteiger charge is 2.16. The summed E-state index contributed by atoms with van der Waals surface area (Å²) < 4.78 is 1.91. The number of aromatic nitrogens is 2. The van der Waals surface area contributed by atoms with Crippen molar-refractivity contribution in [2.24, 2.45) is 0 Å². The van der Waals surface area contributed by atoms with Crippen LogP contribution in [0.25, 0.3) is 11.1 Å². The number of hydrogen-bond acceptors (Lipinski definition) is 2. The minimum atomic E-state index is 0.169. The number of likely N-dealkylation sites (tertiary alicyclic amines) is 1. The molecule has 0 unspecified atom stereocenters. The van der Waals surface area contributed by atoms with Crippen molar-refractivity contribution in [1.82, 2.24) is 14.7 Å². The fourth-order valence-corrected chi connectivity index (χ4v) is 3.12. The Labute approximate surface area is 138 Å². The van der Waals surface area contributed by atoms with Gasteiger partial charge < -0.3 is 4.90 Å². The first-order valence-electron chi connectivity index (χ1n) is 8.70. The molecule has 0 atom stereocenters. The number of amides is 1. The van der Waals surface area contributed by atoms with E-state index in [0.29, 0.717) is 0 Å². The number of carbonyl (C=O) groups excluding carboxylic acids is 1. The molecular weight excluding hydrogens is 286 g/mol. The summed E-state index contributed by atoms with van der Waals surface area (Å²) in [7, 11) is 0. The van der Waals surface area contributed by atoms with E-state index in [-0.39, 0.29) is 5.91 Å². The molecule has 4 nitrogen and oxygen atoms in total. The lowest BCUT2D eigenvalue weighted by Gasteiger charge is -2.24. The van der Waals surface area contributed by atoms with E-state index in [2.05, 4.69) is 12.0 Å². The maximum Gasteiger partial charge on any atom is 0.253 e. The van der Waals surface area contributed by atoms with Gasteiger partial charge in [-0.25, -0.2) is 0 Å². The van der Waals surface area contributed by atoms with Crippen molar-refractivity contribution in [2.45, 2.75) is 45.6 Å². The lowest BCUT2D eigenvalue weighted by molar-refractivity contribution is 0.0742. The Bertz CT molecular complexity index is 637. The monoisotopic (exact) mass is 311 g/mol. The zero-order chi connectivity index (χ0) is 16.1. The maximum atomic E-state index is 12.7. The molecule has 4 heteroatoms. The first-order valence-corrected chi connectivity index (χ1v) is 8.70. The van der Waals surface area contributed by atoms with Gasteiger partial charge in [-0.2, -0.15) is 5.10 Å². The normalized spacial score (nSPS) is 16.0. The van der Waals surface area contributed by atoms with Crippen LogP contribution >= 0.6 is 0 Å². The number of aryl methyl sites for hydroxylation is 1. The van der Waals surface area contributed by atoms with Gasteiger partial charge in [0.25, 0.3) is 5.91 Å². The Morgan fingerprint density at radius 1 is 1.00 bits per heavy atom. The number of benzene rings is 1. The van der Waals surface area contributed by atoms with Gasteiger partial charge in [0.2, 0.25) is 0 Å². The van der Waals surface area contributed by atoms with Crippen LogP contribution in [-0.4, -0.2) is 33.7 Å². The molecule has 0 N–H and O–H groups in total. The number of carbonyl (C=O) groups is 1. The van der Waals surface area contributed by atoms with E-state index in [9.17, 15) is 4.79 Å². The lowest BCUT2D eigenvalue weighted by Crippen LogP contribution is -2.33. The van der Waals surface area contributed by atoms with Crippen LogP contribution in [0.5, 0.6) is 0 Å². The van der Waals surface area contributed by atoms with Gasteiger partial charge in [-0.05, 0) is 37.5 Å². The van der Waals surface area contributed by atoms with Crippen LogP contribution in [0.3, 0.4) is 0 Å². The predicted octanol–water partition coefficient (Wildman–Crippen LogP) is 3.98. The van der Waals surface area contributed by atoms with Crippen molar-refractivity contribution in [3.05, 3.63) is 42.2 Å². The van der Waals surface area contributed by atoms with Crippen LogP contribution in [0.1, 0.15) is 49.4 Å². The fourth-order valence-electron chi connectivity index (χ4n) is 3.12. The Kier molecular flexibility index (Phi) is 5.11. The second-order valence-corrected chi connectivity index (χ2v) is 6.22. The molecule has 1 aromatic heterocycles. The Hall–Kier alpha value is -2.10. The summed E-state index contributed by atoms with van der Waals surface area (Å²) in [5.41, 5.74) is 2.99.